The predicted molar refractivity (Wildman–Crippen MR) is 77.9 cm³/mol. The summed E-state index contributed by atoms with van der Waals surface area (Å²) >= 11 is 0. The number of benzene rings is 2. The van der Waals surface area contributed by atoms with Gasteiger partial charge >= 0.3 is 0 Å². The van der Waals surface area contributed by atoms with E-state index in [4.69, 9.17) is 0 Å². The van der Waals surface area contributed by atoms with Crippen LogP contribution >= 0.6 is 0 Å². The molecule has 0 bridgehead atoms. The number of nitrogens with zero attached hydrogens (tertiary/aromatic N) is 1. The summed E-state index contributed by atoms with van der Waals surface area (Å²) in [5.41, 5.74) is 2.60. The molecule has 0 spiro atoms. The Balaban J connectivity index is 1.83. The summed E-state index contributed by atoms with van der Waals surface area (Å²) in [5.74, 6) is -1.38. The first kappa shape index (κ1) is 13.3. The maximum atomic E-state index is 13.2. The maximum Gasteiger partial charge on any atom is 0.296 e. The Morgan fingerprint density at radius 3 is 2.71 bits per heavy atom. The molecule has 1 aliphatic rings. The van der Waals surface area contributed by atoms with Crippen LogP contribution in [0, 0.1) is 5.82 Å². The Morgan fingerprint density at radius 2 is 1.95 bits per heavy atom. The largest absolute Gasteiger partial charge is 0.370 e. The van der Waals surface area contributed by atoms with E-state index in [-0.39, 0.29) is 5.82 Å². The number of Topliss-reactive ketones (excluding diaryl/α,β-unsaturated/α-hetero) is 1. The van der Waals surface area contributed by atoms with Crippen molar-refractivity contribution in [2.75, 3.05) is 17.3 Å². The Labute approximate surface area is 121 Å². The number of ketones is 1. The molecule has 1 aliphatic heterocycles. The highest BCUT2D eigenvalue weighted by atomic mass is 19.1. The molecule has 21 heavy (non-hydrogen) atoms. The van der Waals surface area contributed by atoms with Crippen LogP contribution in [-0.4, -0.2) is 18.7 Å². The number of carbonyl (C=O) groups excluding carboxylic acids is 2. The predicted octanol–water partition coefficient (Wildman–Crippen LogP) is 2.60. The van der Waals surface area contributed by atoms with Crippen molar-refractivity contribution in [2.45, 2.75) is 6.54 Å². The molecule has 3 rings (SSSR count). The summed E-state index contributed by atoms with van der Waals surface area (Å²) in [6.07, 6.45) is 0. The second-order valence-electron chi connectivity index (χ2n) is 5.00. The van der Waals surface area contributed by atoms with Crippen LogP contribution in [0.1, 0.15) is 15.9 Å². The number of rotatable bonds is 3. The Kier molecular flexibility index (Phi) is 3.17. The third kappa shape index (κ3) is 2.50. The van der Waals surface area contributed by atoms with E-state index in [1.807, 2.05) is 18.0 Å². The molecule has 0 fully saturated rings. The fraction of sp³-hybridized carbons (Fsp3) is 0.125. The van der Waals surface area contributed by atoms with Gasteiger partial charge in [0.1, 0.15) is 5.82 Å². The molecule has 0 atom stereocenters. The van der Waals surface area contributed by atoms with Crippen molar-refractivity contribution in [3.63, 3.8) is 0 Å². The lowest BCUT2D eigenvalue weighted by Gasteiger charge is -2.20. The van der Waals surface area contributed by atoms with Gasteiger partial charge in [-0.15, -0.1) is 0 Å². The first-order chi connectivity index (χ1) is 10.0. The van der Waals surface area contributed by atoms with E-state index in [0.29, 0.717) is 17.8 Å². The number of nitrogens with one attached hydrogen (secondary N) is 1. The van der Waals surface area contributed by atoms with Gasteiger partial charge in [0.25, 0.3) is 11.7 Å². The number of halogens is 1. The topological polar surface area (TPSA) is 49.4 Å². The standard InChI is InChI=1S/C16H13FN2O2/c1-19(9-10-3-2-4-11(17)7-10)12-5-6-13-14(8-12)18-16(21)15(13)20/h2-8H,9H2,1H3,(H,18,20,21). The first-order valence-corrected chi connectivity index (χ1v) is 6.50. The van der Waals surface area contributed by atoms with E-state index in [2.05, 4.69) is 5.32 Å². The molecule has 4 nitrogen and oxygen atoms in total. The van der Waals surface area contributed by atoms with Crippen LogP contribution in [0.15, 0.2) is 42.5 Å². The molecular formula is C16H13FN2O2. The summed E-state index contributed by atoms with van der Waals surface area (Å²) in [4.78, 5) is 24.8. The van der Waals surface area contributed by atoms with E-state index in [0.717, 1.165) is 11.3 Å². The number of fused-ring (bicyclic) bond motifs is 1. The summed E-state index contributed by atoms with van der Waals surface area (Å²) in [5, 5.41) is 2.54. The first-order valence-electron chi connectivity index (χ1n) is 6.50. The minimum absolute atomic E-state index is 0.271. The molecule has 1 amide bonds. The normalized spacial score (nSPS) is 13.0. The molecule has 0 saturated carbocycles. The van der Waals surface area contributed by atoms with Gasteiger partial charge in [-0.3, -0.25) is 9.59 Å². The number of carbonyl (C=O) groups is 2. The molecule has 5 heteroatoms. The smallest absolute Gasteiger partial charge is 0.296 e. The van der Waals surface area contributed by atoms with Crippen molar-refractivity contribution < 1.29 is 14.0 Å². The van der Waals surface area contributed by atoms with Gasteiger partial charge in [0.15, 0.2) is 0 Å². The number of anilines is 2. The molecule has 0 radical (unpaired) electrons. The van der Waals surface area contributed by atoms with Crippen LogP contribution in [0.25, 0.3) is 0 Å². The van der Waals surface area contributed by atoms with E-state index in [1.165, 1.54) is 12.1 Å². The van der Waals surface area contributed by atoms with E-state index >= 15 is 0 Å². The molecule has 2 aromatic carbocycles. The Bertz CT molecular complexity index is 743. The minimum Gasteiger partial charge on any atom is -0.370 e. The average Bonchev–Trinajstić information content (AvgIpc) is 2.73. The lowest BCUT2D eigenvalue weighted by Crippen LogP contribution is -2.16. The van der Waals surface area contributed by atoms with Crippen molar-refractivity contribution in [3.8, 4) is 0 Å². The van der Waals surface area contributed by atoms with Crippen molar-refractivity contribution in [3.05, 3.63) is 59.4 Å². The van der Waals surface area contributed by atoms with Gasteiger partial charge in [0, 0.05) is 19.3 Å². The van der Waals surface area contributed by atoms with Gasteiger partial charge < -0.3 is 10.2 Å². The molecule has 1 heterocycles. The molecule has 0 aliphatic carbocycles. The van der Waals surface area contributed by atoms with Gasteiger partial charge in [-0.1, -0.05) is 12.1 Å². The van der Waals surface area contributed by atoms with E-state index in [9.17, 15) is 14.0 Å². The second-order valence-corrected chi connectivity index (χ2v) is 5.00. The summed E-state index contributed by atoms with van der Waals surface area (Å²) in [6, 6.07) is 11.5. The van der Waals surface area contributed by atoms with Gasteiger partial charge in [0.2, 0.25) is 0 Å². The minimum atomic E-state index is -0.602. The lowest BCUT2D eigenvalue weighted by molar-refractivity contribution is -0.112. The molecule has 2 aromatic rings. The van der Waals surface area contributed by atoms with Crippen LogP contribution in [-0.2, 0) is 11.3 Å². The average molecular weight is 284 g/mol. The van der Waals surface area contributed by atoms with Crippen molar-refractivity contribution in [2.24, 2.45) is 0 Å². The number of hydrogen-bond donors (Lipinski definition) is 1. The van der Waals surface area contributed by atoms with Gasteiger partial charge in [-0.2, -0.15) is 0 Å². The Hall–Kier alpha value is -2.69. The lowest BCUT2D eigenvalue weighted by atomic mass is 10.1. The van der Waals surface area contributed by atoms with E-state index in [1.54, 1.807) is 24.3 Å². The maximum absolute atomic E-state index is 13.2. The fourth-order valence-corrected chi connectivity index (χ4v) is 2.37. The highest BCUT2D eigenvalue weighted by molar-refractivity contribution is 6.51. The van der Waals surface area contributed by atoms with Crippen molar-refractivity contribution in [1.29, 1.82) is 0 Å². The zero-order valence-corrected chi connectivity index (χ0v) is 11.4. The quantitative estimate of drug-likeness (QED) is 0.881. The van der Waals surface area contributed by atoms with Crippen LogP contribution < -0.4 is 10.2 Å². The molecule has 0 unspecified atom stereocenters. The highest BCUT2D eigenvalue weighted by Gasteiger charge is 2.28. The van der Waals surface area contributed by atoms with E-state index < -0.39 is 11.7 Å². The highest BCUT2D eigenvalue weighted by Crippen LogP contribution is 2.28. The van der Waals surface area contributed by atoms with Gasteiger partial charge in [-0.05, 0) is 35.9 Å². The molecule has 0 aromatic heterocycles. The zero-order valence-electron chi connectivity index (χ0n) is 11.4. The fourth-order valence-electron chi connectivity index (χ4n) is 2.37. The summed E-state index contributed by atoms with van der Waals surface area (Å²) in [7, 11) is 1.87. The monoisotopic (exact) mass is 284 g/mol. The SMILES string of the molecule is CN(Cc1cccc(F)c1)c1ccc2c(c1)NC(=O)C2=O. The van der Waals surface area contributed by atoms with Crippen LogP contribution in [0.5, 0.6) is 0 Å². The molecule has 1 N–H and O–H groups in total. The van der Waals surface area contributed by atoms with Crippen LogP contribution in [0.3, 0.4) is 0 Å². The van der Waals surface area contributed by atoms with Crippen molar-refractivity contribution in [1.82, 2.24) is 0 Å². The van der Waals surface area contributed by atoms with Crippen LogP contribution in [0.4, 0.5) is 15.8 Å². The molecule has 106 valence electrons. The second kappa shape index (κ2) is 5.01. The van der Waals surface area contributed by atoms with Gasteiger partial charge in [0.05, 0.1) is 11.3 Å². The third-order valence-electron chi connectivity index (χ3n) is 3.45. The molecule has 0 saturated heterocycles. The zero-order chi connectivity index (χ0) is 15.0. The third-order valence-corrected chi connectivity index (χ3v) is 3.45. The number of hydrogen-bond acceptors (Lipinski definition) is 3. The molecular weight excluding hydrogens is 271 g/mol. The Morgan fingerprint density at radius 1 is 1.14 bits per heavy atom. The summed E-state index contributed by atoms with van der Waals surface area (Å²) < 4.78 is 13.2. The number of amides is 1. The van der Waals surface area contributed by atoms with Crippen molar-refractivity contribution >= 4 is 23.1 Å². The van der Waals surface area contributed by atoms with Crippen LogP contribution in [0.2, 0.25) is 0 Å². The van der Waals surface area contributed by atoms with Gasteiger partial charge in [-0.25, -0.2) is 4.39 Å². The summed E-state index contributed by atoms with van der Waals surface area (Å²) in [6.45, 7) is 0.526.